The van der Waals surface area contributed by atoms with Crippen molar-refractivity contribution < 1.29 is 14.3 Å². The van der Waals surface area contributed by atoms with Crippen molar-refractivity contribution >= 4 is 17.7 Å². The predicted molar refractivity (Wildman–Crippen MR) is 118 cm³/mol. The minimum atomic E-state index is -0.526. The third-order valence-corrected chi connectivity index (χ3v) is 5.87. The van der Waals surface area contributed by atoms with Gasteiger partial charge in [0.05, 0.1) is 0 Å². The molecule has 2 aliphatic heterocycles. The van der Waals surface area contributed by atoms with Crippen molar-refractivity contribution in [2.45, 2.75) is 58.1 Å². The van der Waals surface area contributed by atoms with Gasteiger partial charge in [0.1, 0.15) is 5.60 Å². The number of carbonyl (C=O) groups is 2. The second kappa shape index (κ2) is 7.78. The maximum absolute atomic E-state index is 13.5. The summed E-state index contributed by atoms with van der Waals surface area (Å²) in [5.41, 5.74) is 3.45. The number of amides is 2. The van der Waals surface area contributed by atoms with E-state index in [0.29, 0.717) is 18.7 Å². The summed E-state index contributed by atoms with van der Waals surface area (Å²) in [6.07, 6.45) is 1.42. The van der Waals surface area contributed by atoms with Crippen molar-refractivity contribution in [3.63, 3.8) is 0 Å². The Labute approximate surface area is 178 Å². The molecule has 2 heterocycles. The lowest BCUT2D eigenvalue weighted by Gasteiger charge is -2.29. The van der Waals surface area contributed by atoms with Gasteiger partial charge in [-0.25, -0.2) is 4.79 Å². The van der Waals surface area contributed by atoms with Crippen LogP contribution < -0.4 is 4.90 Å². The molecular formula is C25H30N2O3. The largest absolute Gasteiger partial charge is 0.444 e. The number of hydrogen-bond acceptors (Lipinski definition) is 3. The molecule has 2 atom stereocenters. The van der Waals surface area contributed by atoms with E-state index in [4.69, 9.17) is 4.74 Å². The van der Waals surface area contributed by atoms with Gasteiger partial charge in [-0.1, -0.05) is 35.9 Å². The molecule has 0 N–H and O–H groups in total. The Kier molecular flexibility index (Phi) is 5.31. The van der Waals surface area contributed by atoms with E-state index in [0.717, 1.165) is 29.7 Å². The summed E-state index contributed by atoms with van der Waals surface area (Å²) in [6, 6.07) is 15.8. The lowest BCUT2D eigenvalue weighted by Crippen LogP contribution is -2.42. The van der Waals surface area contributed by atoms with Gasteiger partial charge < -0.3 is 14.5 Å². The first-order chi connectivity index (χ1) is 14.2. The maximum Gasteiger partial charge on any atom is 0.410 e. The first kappa shape index (κ1) is 20.5. The van der Waals surface area contributed by atoms with Crippen molar-refractivity contribution in [2.75, 3.05) is 18.0 Å². The van der Waals surface area contributed by atoms with Gasteiger partial charge in [-0.3, -0.25) is 4.79 Å². The highest BCUT2D eigenvalue weighted by molar-refractivity contribution is 6.08. The van der Waals surface area contributed by atoms with Gasteiger partial charge in [0.2, 0.25) is 0 Å². The molecule has 5 nitrogen and oxygen atoms in total. The van der Waals surface area contributed by atoms with Gasteiger partial charge in [-0.2, -0.15) is 0 Å². The van der Waals surface area contributed by atoms with Gasteiger partial charge in [0, 0.05) is 36.3 Å². The average molecular weight is 407 g/mol. The molecule has 2 amide bonds. The fourth-order valence-corrected chi connectivity index (χ4v) is 4.60. The summed E-state index contributed by atoms with van der Waals surface area (Å²) in [4.78, 5) is 30.1. The molecular weight excluding hydrogens is 376 g/mol. The van der Waals surface area contributed by atoms with Crippen LogP contribution >= 0.6 is 0 Å². The molecule has 0 saturated carbocycles. The molecule has 1 saturated heterocycles. The molecule has 0 aliphatic carbocycles. The summed E-state index contributed by atoms with van der Waals surface area (Å²) in [5, 5.41) is 0. The van der Waals surface area contributed by atoms with Crippen LogP contribution in [-0.4, -0.2) is 41.6 Å². The van der Waals surface area contributed by atoms with Crippen molar-refractivity contribution in [3.05, 3.63) is 65.2 Å². The molecule has 30 heavy (non-hydrogen) atoms. The van der Waals surface area contributed by atoms with E-state index in [1.807, 2.05) is 60.9 Å². The number of aryl methyl sites for hydroxylation is 1. The zero-order chi connectivity index (χ0) is 21.5. The Morgan fingerprint density at radius 1 is 1.07 bits per heavy atom. The van der Waals surface area contributed by atoms with Crippen LogP contribution in [0.15, 0.2) is 48.5 Å². The quantitative estimate of drug-likeness (QED) is 0.659. The minimum absolute atomic E-state index is 0.0268. The molecule has 2 aliphatic rings. The highest BCUT2D eigenvalue weighted by atomic mass is 16.6. The Morgan fingerprint density at radius 2 is 1.80 bits per heavy atom. The van der Waals surface area contributed by atoms with Crippen LogP contribution in [0.2, 0.25) is 0 Å². The van der Waals surface area contributed by atoms with Gasteiger partial charge in [0.15, 0.2) is 0 Å². The molecule has 0 radical (unpaired) electrons. The number of benzene rings is 2. The number of fused-ring (bicyclic) bond motifs is 3. The van der Waals surface area contributed by atoms with Crippen LogP contribution in [0.4, 0.5) is 10.5 Å². The van der Waals surface area contributed by atoms with Crippen LogP contribution in [-0.2, 0) is 4.74 Å². The predicted octanol–water partition coefficient (Wildman–Crippen LogP) is 5.14. The van der Waals surface area contributed by atoms with Crippen LogP contribution in [0.1, 0.15) is 61.0 Å². The van der Waals surface area contributed by atoms with Gasteiger partial charge in [-0.15, -0.1) is 0 Å². The number of ether oxygens (including phenoxy) is 1. The smallest absolute Gasteiger partial charge is 0.410 e. The number of rotatable bonds is 1. The summed E-state index contributed by atoms with van der Waals surface area (Å²) in [7, 11) is 0. The minimum Gasteiger partial charge on any atom is -0.444 e. The highest BCUT2D eigenvalue weighted by Gasteiger charge is 2.44. The Bertz CT molecular complexity index is 949. The topological polar surface area (TPSA) is 49.9 Å². The number of nitrogens with zero attached hydrogens (tertiary/aromatic N) is 2. The zero-order valence-corrected chi connectivity index (χ0v) is 18.2. The molecule has 0 spiro atoms. The van der Waals surface area contributed by atoms with E-state index in [-0.39, 0.29) is 24.0 Å². The van der Waals surface area contributed by atoms with E-state index in [1.54, 1.807) is 0 Å². The van der Waals surface area contributed by atoms with Crippen LogP contribution in [0, 0.1) is 6.92 Å². The van der Waals surface area contributed by atoms with Gasteiger partial charge >= 0.3 is 6.09 Å². The third-order valence-electron chi connectivity index (χ3n) is 5.87. The maximum atomic E-state index is 13.5. The second-order valence-corrected chi connectivity index (χ2v) is 9.35. The highest BCUT2D eigenvalue weighted by Crippen LogP contribution is 2.45. The lowest BCUT2D eigenvalue weighted by molar-refractivity contribution is 0.0249. The normalized spacial score (nSPS) is 20.9. The lowest BCUT2D eigenvalue weighted by atomic mass is 9.92. The van der Waals surface area contributed by atoms with Crippen molar-refractivity contribution in [1.82, 2.24) is 4.90 Å². The molecule has 0 bridgehead atoms. The molecule has 0 aromatic heterocycles. The van der Waals surface area contributed by atoms with E-state index >= 15 is 0 Å². The van der Waals surface area contributed by atoms with Gasteiger partial charge in [-0.05, 0) is 64.3 Å². The third kappa shape index (κ3) is 3.93. The SMILES string of the molecule is Cc1ccc2c(c1)C1CN(C(=O)OC(C)(C)C)CCCC1N2C(=O)c1ccccc1. The van der Waals surface area contributed by atoms with Crippen LogP contribution in [0.25, 0.3) is 0 Å². The summed E-state index contributed by atoms with van der Waals surface area (Å²) < 4.78 is 5.64. The number of hydrogen-bond donors (Lipinski definition) is 0. The van der Waals surface area contributed by atoms with Crippen molar-refractivity contribution in [3.8, 4) is 0 Å². The van der Waals surface area contributed by atoms with Crippen molar-refractivity contribution in [2.24, 2.45) is 0 Å². The summed E-state index contributed by atoms with van der Waals surface area (Å²) in [6.45, 7) is 8.95. The molecule has 5 heteroatoms. The molecule has 158 valence electrons. The monoisotopic (exact) mass is 406 g/mol. The first-order valence-electron chi connectivity index (χ1n) is 10.7. The van der Waals surface area contributed by atoms with Gasteiger partial charge in [0.25, 0.3) is 5.91 Å². The van der Waals surface area contributed by atoms with E-state index in [1.165, 1.54) is 0 Å². The van der Waals surface area contributed by atoms with E-state index < -0.39 is 5.60 Å². The number of carbonyl (C=O) groups excluding carboxylic acids is 2. The van der Waals surface area contributed by atoms with E-state index in [9.17, 15) is 9.59 Å². The second-order valence-electron chi connectivity index (χ2n) is 9.35. The molecule has 2 aromatic rings. The Balaban J connectivity index is 1.69. The number of anilines is 1. The number of likely N-dealkylation sites (tertiary alicyclic amines) is 1. The average Bonchev–Trinajstić information content (AvgIpc) is 2.84. The molecule has 2 aromatic carbocycles. The standard InChI is InChI=1S/C25H30N2O3/c1-17-12-13-22-19(15-17)20-16-26(24(29)30-25(2,3)4)14-8-11-21(20)27(22)23(28)18-9-6-5-7-10-18/h5-7,9-10,12-13,15,20-21H,8,11,14,16H2,1-4H3. The van der Waals surface area contributed by atoms with Crippen molar-refractivity contribution in [1.29, 1.82) is 0 Å². The fourth-order valence-electron chi connectivity index (χ4n) is 4.60. The first-order valence-corrected chi connectivity index (χ1v) is 10.7. The summed E-state index contributed by atoms with van der Waals surface area (Å²) in [5.74, 6) is 0.113. The molecule has 4 rings (SSSR count). The van der Waals surface area contributed by atoms with Crippen LogP contribution in [0.5, 0.6) is 0 Å². The Morgan fingerprint density at radius 3 is 2.50 bits per heavy atom. The molecule has 1 fully saturated rings. The fraction of sp³-hybridized carbons (Fsp3) is 0.440. The molecule has 2 unspecified atom stereocenters. The summed E-state index contributed by atoms with van der Waals surface area (Å²) >= 11 is 0. The van der Waals surface area contributed by atoms with E-state index in [2.05, 4.69) is 25.1 Å². The zero-order valence-electron chi connectivity index (χ0n) is 18.2. The Hall–Kier alpha value is -2.82. The van der Waals surface area contributed by atoms with Crippen LogP contribution in [0.3, 0.4) is 0 Å².